The van der Waals surface area contributed by atoms with Crippen LogP contribution in [-0.2, 0) is 12.8 Å². The molecule has 0 atom stereocenters. The van der Waals surface area contributed by atoms with E-state index >= 15 is 0 Å². The molecule has 140 valence electrons. The summed E-state index contributed by atoms with van der Waals surface area (Å²) >= 11 is 0. The van der Waals surface area contributed by atoms with Gasteiger partial charge in [0.05, 0.1) is 5.69 Å². The van der Waals surface area contributed by atoms with Gasteiger partial charge < -0.3 is 5.32 Å². The van der Waals surface area contributed by atoms with Crippen LogP contribution in [0.3, 0.4) is 0 Å². The van der Waals surface area contributed by atoms with Crippen molar-refractivity contribution in [2.75, 3.05) is 5.32 Å². The highest BCUT2D eigenvalue weighted by atomic mass is 16.2. The highest BCUT2D eigenvalue weighted by Gasteiger charge is 2.18. The number of hydrogen-bond donors (Lipinski definition) is 1. The number of nitrogens with zero attached hydrogens (tertiary/aromatic N) is 3. The third-order valence-corrected chi connectivity index (χ3v) is 4.67. The molecule has 4 rings (SSSR count). The average molecular weight is 370 g/mol. The lowest BCUT2D eigenvalue weighted by molar-refractivity contribution is 0.102. The van der Waals surface area contributed by atoms with Crippen molar-refractivity contribution in [2.24, 2.45) is 0 Å². The van der Waals surface area contributed by atoms with E-state index in [9.17, 15) is 4.79 Å². The van der Waals surface area contributed by atoms with Crippen LogP contribution in [-0.4, -0.2) is 20.3 Å². The zero-order valence-electron chi connectivity index (χ0n) is 15.8. The van der Waals surface area contributed by atoms with E-state index in [1.165, 1.54) is 11.1 Å². The summed E-state index contributed by atoms with van der Waals surface area (Å²) in [6, 6.07) is 17.7. The van der Waals surface area contributed by atoms with Crippen molar-refractivity contribution in [3.63, 3.8) is 0 Å². The van der Waals surface area contributed by atoms with Gasteiger partial charge in [-0.1, -0.05) is 31.5 Å². The predicted octanol–water partition coefficient (Wildman–Crippen LogP) is 4.52. The quantitative estimate of drug-likeness (QED) is 0.543. The van der Waals surface area contributed by atoms with Crippen LogP contribution in [0.1, 0.15) is 40.7 Å². The molecule has 1 amide bonds. The monoisotopic (exact) mass is 370 g/mol. The zero-order chi connectivity index (χ0) is 19.3. The first-order valence-electron chi connectivity index (χ1n) is 9.49. The Bertz CT molecular complexity index is 1080. The maximum Gasteiger partial charge on any atom is 0.274 e. The molecule has 0 spiro atoms. The fourth-order valence-corrected chi connectivity index (χ4v) is 3.33. The second-order valence-corrected chi connectivity index (χ2v) is 6.77. The fourth-order valence-electron chi connectivity index (χ4n) is 3.33. The van der Waals surface area contributed by atoms with E-state index in [2.05, 4.69) is 22.2 Å². The molecule has 1 aromatic carbocycles. The predicted molar refractivity (Wildman–Crippen MR) is 111 cm³/mol. The largest absolute Gasteiger partial charge is 0.321 e. The van der Waals surface area contributed by atoms with Crippen molar-refractivity contribution < 1.29 is 4.79 Å². The third-order valence-electron chi connectivity index (χ3n) is 4.67. The van der Waals surface area contributed by atoms with E-state index in [0.717, 1.165) is 36.3 Å². The number of aromatic nitrogens is 3. The van der Waals surface area contributed by atoms with E-state index < -0.39 is 0 Å². The maximum absolute atomic E-state index is 13.0. The van der Waals surface area contributed by atoms with Gasteiger partial charge in [-0.15, -0.1) is 0 Å². The van der Waals surface area contributed by atoms with E-state index in [1.54, 1.807) is 12.4 Å². The molecule has 0 saturated heterocycles. The lowest BCUT2D eigenvalue weighted by Crippen LogP contribution is -2.16. The number of fused-ring (bicyclic) bond motifs is 1. The minimum absolute atomic E-state index is 0.135. The molecule has 0 aliphatic heterocycles. The van der Waals surface area contributed by atoms with Crippen molar-refractivity contribution >= 4 is 17.2 Å². The van der Waals surface area contributed by atoms with Gasteiger partial charge in [0.25, 0.3) is 5.91 Å². The molecular weight excluding hydrogens is 348 g/mol. The first kappa shape index (κ1) is 17.9. The molecule has 0 aliphatic rings. The van der Waals surface area contributed by atoms with Crippen LogP contribution in [0.2, 0.25) is 0 Å². The number of carbonyl (C=O) groups is 1. The molecule has 0 fully saturated rings. The highest BCUT2D eigenvalue weighted by molar-refractivity contribution is 6.04. The Morgan fingerprint density at radius 3 is 2.50 bits per heavy atom. The second-order valence-electron chi connectivity index (χ2n) is 6.77. The Kier molecular flexibility index (Phi) is 5.15. The topological polar surface area (TPSA) is 59.3 Å². The number of anilines is 1. The SMILES string of the molecule is CCCc1nc2ccccn2c1C(=O)Nc1ccc(Cc2ccncc2)cc1. The van der Waals surface area contributed by atoms with Crippen LogP contribution in [0.5, 0.6) is 0 Å². The number of pyridine rings is 2. The molecular formula is C23H22N4O. The lowest BCUT2D eigenvalue weighted by atomic mass is 10.1. The summed E-state index contributed by atoms with van der Waals surface area (Å²) in [6.45, 7) is 2.09. The molecule has 4 aromatic rings. The molecule has 0 unspecified atom stereocenters. The number of imidazole rings is 1. The van der Waals surface area contributed by atoms with Crippen LogP contribution in [0.15, 0.2) is 73.2 Å². The summed E-state index contributed by atoms with van der Waals surface area (Å²) in [6.07, 6.45) is 8.03. The molecule has 0 radical (unpaired) electrons. The Hall–Kier alpha value is -3.47. The standard InChI is InChI=1S/C23H22N4O/c1-2-5-20-22(27-15-4-3-6-21(27)26-20)23(28)25-19-9-7-17(8-10-19)16-18-11-13-24-14-12-18/h3-4,6-15H,2,5,16H2,1H3,(H,25,28). The first-order chi connectivity index (χ1) is 13.7. The van der Waals surface area contributed by atoms with Crippen LogP contribution in [0.25, 0.3) is 5.65 Å². The number of nitrogens with one attached hydrogen (secondary N) is 1. The van der Waals surface area contributed by atoms with Crippen LogP contribution in [0.4, 0.5) is 5.69 Å². The van der Waals surface area contributed by atoms with Crippen molar-refractivity contribution in [3.8, 4) is 0 Å². The molecule has 28 heavy (non-hydrogen) atoms. The smallest absolute Gasteiger partial charge is 0.274 e. The van der Waals surface area contributed by atoms with Gasteiger partial charge in [-0.2, -0.15) is 0 Å². The van der Waals surface area contributed by atoms with Gasteiger partial charge >= 0.3 is 0 Å². The summed E-state index contributed by atoms with van der Waals surface area (Å²) < 4.78 is 1.86. The van der Waals surface area contributed by atoms with Crippen molar-refractivity contribution in [1.29, 1.82) is 0 Å². The van der Waals surface area contributed by atoms with Crippen LogP contribution >= 0.6 is 0 Å². The summed E-state index contributed by atoms with van der Waals surface area (Å²) in [5.74, 6) is -0.135. The molecule has 0 aliphatic carbocycles. The van der Waals surface area contributed by atoms with Gasteiger partial charge in [-0.25, -0.2) is 4.98 Å². The van der Waals surface area contributed by atoms with Gasteiger partial charge in [0.2, 0.25) is 0 Å². The van der Waals surface area contributed by atoms with E-state index in [1.807, 2.05) is 65.2 Å². The van der Waals surface area contributed by atoms with Crippen molar-refractivity contribution in [3.05, 3.63) is 95.7 Å². The first-order valence-corrected chi connectivity index (χ1v) is 9.49. The normalized spacial score (nSPS) is 10.9. The Morgan fingerprint density at radius 1 is 1.00 bits per heavy atom. The van der Waals surface area contributed by atoms with Gasteiger partial charge in [0.15, 0.2) is 0 Å². The van der Waals surface area contributed by atoms with Gasteiger partial charge in [-0.3, -0.25) is 14.2 Å². The van der Waals surface area contributed by atoms with Gasteiger partial charge in [0, 0.05) is 24.3 Å². The zero-order valence-corrected chi connectivity index (χ0v) is 15.8. The summed E-state index contributed by atoms with van der Waals surface area (Å²) in [7, 11) is 0. The molecule has 5 nitrogen and oxygen atoms in total. The summed E-state index contributed by atoms with van der Waals surface area (Å²) in [5, 5.41) is 3.02. The number of amides is 1. The minimum atomic E-state index is -0.135. The summed E-state index contributed by atoms with van der Waals surface area (Å²) in [5.41, 5.74) is 5.41. The Labute approximate surface area is 164 Å². The van der Waals surface area contributed by atoms with Crippen molar-refractivity contribution in [2.45, 2.75) is 26.2 Å². The number of rotatable bonds is 6. The summed E-state index contributed by atoms with van der Waals surface area (Å²) in [4.78, 5) is 21.7. The second kappa shape index (κ2) is 8.05. The molecule has 0 bridgehead atoms. The minimum Gasteiger partial charge on any atom is -0.321 e. The molecule has 5 heteroatoms. The molecule has 3 aromatic heterocycles. The average Bonchev–Trinajstić information content (AvgIpc) is 3.09. The lowest BCUT2D eigenvalue weighted by Gasteiger charge is -2.08. The van der Waals surface area contributed by atoms with Gasteiger partial charge in [0.1, 0.15) is 11.3 Å². The Morgan fingerprint density at radius 2 is 1.75 bits per heavy atom. The number of carbonyl (C=O) groups excluding carboxylic acids is 1. The van der Waals surface area contributed by atoms with Crippen LogP contribution in [0, 0.1) is 0 Å². The molecule has 0 saturated carbocycles. The molecule has 3 heterocycles. The van der Waals surface area contributed by atoms with Gasteiger partial charge in [-0.05, 0) is 60.4 Å². The number of benzene rings is 1. The van der Waals surface area contributed by atoms with Crippen molar-refractivity contribution in [1.82, 2.24) is 14.4 Å². The van der Waals surface area contributed by atoms with E-state index in [-0.39, 0.29) is 5.91 Å². The van der Waals surface area contributed by atoms with E-state index in [4.69, 9.17) is 0 Å². The van der Waals surface area contributed by atoms with E-state index in [0.29, 0.717) is 5.69 Å². The Balaban J connectivity index is 1.54. The maximum atomic E-state index is 13.0. The highest BCUT2D eigenvalue weighted by Crippen LogP contribution is 2.18. The van der Waals surface area contributed by atoms with Crippen LogP contribution < -0.4 is 5.32 Å². The molecule has 1 N–H and O–H groups in total. The number of aryl methyl sites for hydroxylation is 1. The number of hydrogen-bond acceptors (Lipinski definition) is 3. The fraction of sp³-hybridized carbons (Fsp3) is 0.174. The third kappa shape index (κ3) is 3.78.